The number of nitrogens with zero attached hydrogens (tertiary/aromatic N) is 4. The number of aryl methyl sites for hydroxylation is 1. The average Bonchev–Trinajstić information content (AvgIpc) is 2.70. The first-order valence-electron chi connectivity index (χ1n) is 9.02. The molecule has 2 aromatic carbocycles. The van der Waals surface area contributed by atoms with E-state index < -0.39 is 0 Å². The standard InChI is InChI=1S/C22H20N4O/c1-16-3-2-4-19-20(9-10-24-22(16)19)25-11-12-26(21(27)15-25)14-18-7-5-17(13-23)6-8-18/h2-10H,11-12,14-15H2,1H3. The van der Waals surface area contributed by atoms with E-state index in [1.54, 1.807) is 12.1 Å². The Labute approximate surface area is 158 Å². The first-order chi connectivity index (χ1) is 13.2. The molecule has 3 aromatic rings. The van der Waals surface area contributed by atoms with E-state index in [0.29, 0.717) is 25.2 Å². The number of para-hydroxylation sites is 1. The van der Waals surface area contributed by atoms with E-state index in [1.807, 2.05) is 35.4 Å². The van der Waals surface area contributed by atoms with Gasteiger partial charge in [-0.1, -0.05) is 30.3 Å². The summed E-state index contributed by atoms with van der Waals surface area (Å²) in [6.07, 6.45) is 1.82. The van der Waals surface area contributed by atoms with Crippen LogP contribution in [0.1, 0.15) is 16.7 Å². The Kier molecular flexibility index (Phi) is 4.47. The number of carbonyl (C=O) groups excluding carboxylic acids is 1. The molecular formula is C22H20N4O. The summed E-state index contributed by atoms with van der Waals surface area (Å²) in [5.41, 5.74) is 4.87. The second-order valence-electron chi connectivity index (χ2n) is 6.85. The lowest BCUT2D eigenvalue weighted by Gasteiger charge is -2.36. The molecule has 0 bridgehead atoms. The number of piperazine rings is 1. The second-order valence-corrected chi connectivity index (χ2v) is 6.85. The smallest absolute Gasteiger partial charge is 0.242 e. The molecule has 0 atom stereocenters. The second kappa shape index (κ2) is 7.08. The third-order valence-electron chi connectivity index (χ3n) is 5.07. The van der Waals surface area contributed by atoms with Gasteiger partial charge in [0.25, 0.3) is 0 Å². The molecule has 0 spiro atoms. The van der Waals surface area contributed by atoms with Crippen molar-refractivity contribution in [3.63, 3.8) is 0 Å². The summed E-state index contributed by atoms with van der Waals surface area (Å²) in [6, 6.07) is 17.7. The van der Waals surface area contributed by atoms with Crippen LogP contribution in [0.5, 0.6) is 0 Å². The number of carbonyl (C=O) groups is 1. The zero-order chi connectivity index (χ0) is 18.8. The molecule has 2 heterocycles. The molecule has 4 rings (SSSR count). The van der Waals surface area contributed by atoms with Crippen LogP contribution in [0.15, 0.2) is 54.7 Å². The van der Waals surface area contributed by atoms with Crippen molar-refractivity contribution in [2.24, 2.45) is 0 Å². The van der Waals surface area contributed by atoms with Gasteiger partial charge in [0.05, 0.1) is 23.7 Å². The quantitative estimate of drug-likeness (QED) is 0.723. The number of aromatic nitrogens is 1. The van der Waals surface area contributed by atoms with Gasteiger partial charge in [-0.3, -0.25) is 9.78 Å². The molecule has 1 aliphatic rings. The molecule has 134 valence electrons. The van der Waals surface area contributed by atoms with Gasteiger partial charge in [0.2, 0.25) is 5.91 Å². The van der Waals surface area contributed by atoms with E-state index in [2.05, 4.69) is 35.0 Å². The highest BCUT2D eigenvalue weighted by atomic mass is 16.2. The Hall–Kier alpha value is -3.39. The zero-order valence-corrected chi connectivity index (χ0v) is 15.2. The first-order valence-corrected chi connectivity index (χ1v) is 9.02. The van der Waals surface area contributed by atoms with Crippen LogP contribution in [0, 0.1) is 18.3 Å². The average molecular weight is 356 g/mol. The molecule has 0 radical (unpaired) electrons. The van der Waals surface area contributed by atoms with Gasteiger partial charge in [0.15, 0.2) is 0 Å². The van der Waals surface area contributed by atoms with Crippen molar-refractivity contribution in [3.8, 4) is 6.07 Å². The van der Waals surface area contributed by atoms with E-state index in [1.165, 1.54) is 0 Å². The molecule has 0 aliphatic carbocycles. The summed E-state index contributed by atoms with van der Waals surface area (Å²) in [7, 11) is 0. The first kappa shape index (κ1) is 17.0. The highest BCUT2D eigenvalue weighted by molar-refractivity contribution is 5.95. The van der Waals surface area contributed by atoms with Crippen LogP contribution in [-0.4, -0.2) is 35.4 Å². The molecule has 1 amide bonds. The van der Waals surface area contributed by atoms with E-state index in [4.69, 9.17) is 5.26 Å². The number of hydrogen-bond donors (Lipinski definition) is 0. The van der Waals surface area contributed by atoms with Gasteiger partial charge in [-0.25, -0.2) is 0 Å². The van der Waals surface area contributed by atoms with E-state index >= 15 is 0 Å². The Balaban J connectivity index is 1.51. The zero-order valence-electron chi connectivity index (χ0n) is 15.2. The maximum absolute atomic E-state index is 12.7. The molecule has 5 heteroatoms. The number of benzene rings is 2. The van der Waals surface area contributed by atoms with Gasteiger partial charge in [-0.2, -0.15) is 5.26 Å². The molecular weight excluding hydrogens is 336 g/mol. The van der Waals surface area contributed by atoms with Gasteiger partial charge in [-0.05, 0) is 36.2 Å². The molecule has 0 N–H and O–H groups in total. The van der Waals surface area contributed by atoms with Crippen LogP contribution in [0.4, 0.5) is 5.69 Å². The number of rotatable bonds is 3. The Morgan fingerprint density at radius 3 is 2.67 bits per heavy atom. The lowest BCUT2D eigenvalue weighted by Crippen LogP contribution is -2.50. The number of amides is 1. The largest absolute Gasteiger partial charge is 0.360 e. The predicted molar refractivity (Wildman–Crippen MR) is 105 cm³/mol. The van der Waals surface area contributed by atoms with E-state index in [0.717, 1.165) is 34.3 Å². The Bertz CT molecular complexity index is 1040. The van der Waals surface area contributed by atoms with Crippen molar-refractivity contribution in [1.82, 2.24) is 9.88 Å². The van der Waals surface area contributed by atoms with Crippen molar-refractivity contribution < 1.29 is 4.79 Å². The summed E-state index contributed by atoms with van der Waals surface area (Å²) < 4.78 is 0. The van der Waals surface area contributed by atoms with Crippen LogP contribution in [0.2, 0.25) is 0 Å². The fourth-order valence-corrected chi connectivity index (χ4v) is 3.57. The van der Waals surface area contributed by atoms with Crippen molar-refractivity contribution in [3.05, 3.63) is 71.4 Å². The lowest BCUT2D eigenvalue weighted by atomic mass is 10.1. The van der Waals surface area contributed by atoms with Crippen LogP contribution < -0.4 is 4.90 Å². The van der Waals surface area contributed by atoms with Crippen LogP contribution >= 0.6 is 0 Å². The van der Waals surface area contributed by atoms with E-state index in [9.17, 15) is 4.79 Å². The monoisotopic (exact) mass is 356 g/mol. The van der Waals surface area contributed by atoms with Gasteiger partial charge >= 0.3 is 0 Å². The molecule has 1 saturated heterocycles. The number of nitriles is 1. The number of pyridine rings is 1. The van der Waals surface area contributed by atoms with Gasteiger partial charge in [0, 0.05) is 36.9 Å². The minimum absolute atomic E-state index is 0.114. The fourth-order valence-electron chi connectivity index (χ4n) is 3.57. The van der Waals surface area contributed by atoms with Crippen LogP contribution in [0.3, 0.4) is 0 Å². The number of fused-ring (bicyclic) bond motifs is 1. The molecule has 0 unspecified atom stereocenters. The molecule has 27 heavy (non-hydrogen) atoms. The molecule has 1 aromatic heterocycles. The van der Waals surface area contributed by atoms with Crippen LogP contribution in [0.25, 0.3) is 10.9 Å². The summed E-state index contributed by atoms with van der Waals surface area (Å²) in [6.45, 7) is 4.46. The van der Waals surface area contributed by atoms with Crippen molar-refractivity contribution in [2.75, 3.05) is 24.5 Å². The maximum Gasteiger partial charge on any atom is 0.242 e. The highest BCUT2D eigenvalue weighted by Crippen LogP contribution is 2.28. The molecule has 1 aliphatic heterocycles. The minimum atomic E-state index is 0.114. The lowest BCUT2D eigenvalue weighted by molar-refractivity contribution is -0.131. The normalized spacial score (nSPS) is 14.4. The number of anilines is 1. The van der Waals surface area contributed by atoms with Crippen molar-refractivity contribution in [2.45, 2.75) is 13.5 Å². The Morgan fingerprint density at radius 1 is 1.11 bits per heavy atom. The van der Waals surface area contributed by atoms with Gasteiger partial charge in [-0.15, -0.1) is 0 Å². The van der Waals surface area contributed by atoms with Crippen molar-refractivity contribution >= 4 is 22.5 Å². The molecule has 5 nitrogen and oxygen atoms in total. The summed E-state index contributed by atoms with van der Waals surface area (Å²) in [4.78, 5) is 21.2. The van der Waals surface area contributed by atoms with E-state index in [-0.39, 0.29) is 5.91 Å². The highest BCUT2D eigenvalue weighted by Gasteiger charge is 2.25. The SMILES string of the molecule is Cc1cccc2c(N3CCN(Cc4ccc(C#N)cc4)C(=O)C3)ccnc12. The minimum Gasteiger partial charge on any atom is -0.360 e. The third-order valence-corrected chi connectivity index (χ3v) is 5.07. The Morgan fingerprint density at radius 2 is 1.93 bits per heavy atom. The van der Waals surface area contributed by atoms with Crippen molar-refractivity contribution in [1.29, 1.82) is 5.26 Å². The molecule has 0 saturated carbocycles. The van der Waals surface area contributed by atoms with Gasteiger partial charge < -0.3 is 9.80 Å². The summed E-state index contributed by atoms with van der Waals surface area (Å²) >= 11 is 0. The predicted octanol–water partition coefficient (Wildman–Crippen LogP) is 3.26. The fraction of sp³-hybridized carbons (Fsp3) is 0.227. The van der Waals surface area contributed by atoms with Crippen LogP contribution in [-0.2, 0) is 11.3 Å². The summed E-state index contributed by atoms with van der Waals surface area (Å²) in [5, 5.41) is 9.99. The number of hydrogen-bond acceptors (Lipinski definition) is 4. The van der Waals surface area contributed by atoms with Gasteiger partial charge in [0.1, 0.15) is 0 Å². The summed E-state index contributed by atoms with van der Waals surface area (Å²) in [5.74, 6) is 0.114. The maximum atomic E-state index is 12.7. The molecule has 1 fully saturated rings. The topological polar surface area (TPSA) is 60.2 Å². The third kappa shape index (κ3) is 3.34.